The molecule has 0 radical (unpaired) electrons. The average molecular weight is 310 g/mol. The Bertz CT molecular complexity index is 657. The second-order valence-electron chi connectivity index (χ2n) is 4.41. The Morgan fingerprint density at radius 1 is 1.43 bits per heavy atom. The SMILES string of the molecule is CCCN1C(=O)N/C(=C/c2cc([N+](=O)[O-])ccc2Cl)C1=O. The number of nitro benzene ring substituents is 1. The van der Waals surface area contributed by atoms with Crippen molar-refractivity contribution in [2.45, 2.75) is 13.3 Å². The molecule has 1 fully saturated rings. The Morgan fingerprint density at radius 3 is 2.76 bits per heavy atom. The number of non-ortho nitro benzene ring substituents is 1. The summed E-state index contributed by atoms with van der Waals surface area (Å²) >= 11 is 5.96. The van der Waals surface area contributed by atoms with Gasteiger partial charge in [0.1, 0.15) is 5.70 Å². The number of carbonyl (C=O) groups excluding carboxylic acids is 2. The maximum Gasteiger partial charge on any atom is 0.329 e. The largest absolute Gasteiger partial charge is 0.329 e. The smallest absolute Gasteiger partial charge is 0.303 e. The van der Waals surface area contributed by atoms with E-state index in [2.05, 4.69) is 5.32 Å². The molecule has 0 atom stereocenters. The first-order chi connectivity index (χ1) is 9.93. The second kappa shape index (κ2) is 5.92. The summed E-state index contributed by atoms with van der Waals surface area (Å²) in [7, 11) is 0. The molecule has 2 rings (SSSR count). The summed E-state index contributed by atoms with van der Waals surface area (Å²) < 4.78 is 0. The first kappa shape index (κ1) is 15.0. The quantitative estimate of drug-likeness (QED) is 0.400. The molecule has 1 heterocycles. The number of rotatable bonds is 4. The van der Waals surface area contributed by atoms with Gasteiger partial charge in [0.15, 0.2) is 0 Å². The van der Waals surface area contributed by atoms with Crippen molar-refractivity contribution in [3.05, 3.63) is 44.6 Å². The molecule has 1 saturated heterocycles. The van der Waals surface area contributed by atoms with Crippen LogP contribution in [0.3, 0.4) is 0 Å². The molecule has 1 aliphatic heterocycles. The van der Waals surface area contributed by atoms with Gasteiger partial charge in [-0.1, -0.05) is 18.5 Å². The van der Waals surface area contributed by atoms with Crippen LogP contribution in [-0.2, 0) is 4.79 Å². The minimum Gasteiger partial charge on any atom is -0.303 e. The molecule has 21 heavy (non-hydrogen) atoms. The number of nitrogens with one attached hydrogen (secondary N) is 1. The number of nitrogens with zero attached hydrogens (tertiary/aromatic N) is 2. The van der Waals surface area contributed by atoms with Crippen molar-refractivity contribution in [1.82, 2.24) is 10.2 Å². The van der Waals surface area contributed by atoms with E-state index < -0.39 is 16.9 Å². The zero-order valence-electron chi connectivity index (χ0n) is 11.1. The van der Waals surface area contributed by atoms with Gasteiger partial charge in [-0.3, -0.25) is 19.8 Å². The summed E-state index contributed by atoms with van der Waals surface area (Å²) in [6.45, 7) is 2.16. The summed E-state index contributed by atoms with van der Waals surface area (Å²) in [4.78, 5) is 35.0. The monoisotopic (exact) mass is 309 g/mol. The zero-order valence-corrected chi connectivity index (χ0v) is 11.9. The van der Waals surface area contributed by atoms with Crippen LogP contribution in [0, 0.1) is 10.1 Å². The Balaban J connectivity index is 2.36. The van der Waals surface area contributed by atoms with Crippen LogP contribution in [0.2, 0.25) is 5.02 Å². The van der Waals surface area contributed by atoms with Crippen LogP contribution in [0.15, 0.2) is 23.9 Å². The van der Waals surface area contributed by atoms with Crippen LogP contribution < -0.4 is 5.32 Å². The Kier molecular flexibility index (Phi) is 4.23. The third kappa shape index (κ3) is 3.03. The molecule has 0 unspecified atom stereocenters. The van der Waals surface area contributed by atoms with Crippen molar-refractivity contribution in [2.24, 2.45) is 0 Å². The lowest BCUT2D eigenvalue weighted by molar-refractivity contribution is -0.384. The highest BCUT2D eigenvalue weighted by molar-refractivity contribution is 6.32. The van der Waals surface area contributed by atoms with Crippen LogP contribution in [0.4, 0.5) is 10.5 Å². The molecule has 8 heteroatoms. The summed E-state index contributed by atoms with van der Waals surface area (Å²) in [5.41, 5.74) is 0.206. The van der Waals surface area contributed by atoms with Gasteiger partial charge in [-0.15, -0.1) is 0 Å². The van der Waals surface area contributed by atoms with E-state index in [0.717, 1.165) is 4.90 Å². The second-order valence-corrected chi connectivity index (χ2v) is 4.82. The first-order valence-electron chi connectivity index (χ1n) is 6.22. The van der Waals surface area contributed by atoms with E-state index in [4.69, 9.17) is 11.6 Å². The maximum absolute atomic E-state index is 12.0. The topological polar surface area (TPSA) is 92.6 Å². The molecule has 110 valence electrons. The maximum atomic E-state index is 12.0. The number of carbonyl (C=O) groups is 2. The number of hydrogen-bond donors (Lipinski definition) is 1. The highest BCUT2D eigenvalue weighted by Gasteiger charge is 2.32. The molecule has 0 bridgehead atoms. The van der Waals surface area contributed by atoms with Gasteiger partial charge in [0.05, 0.1) is 4.92 Å². The third-order valence-electron chi connectivity index (χ3n) is 2.90. The standard InChI is InChI=1S/C13H12ClN3O4/c1-2-5-16-12(18)11(15-13(16)19)7-8-6-9(17(20)21)3-4-10(8)14/h3-4,6-7H,2,5H2,1H3,(H,15,19)/b11-7+. The van der Waals surface area contributed by atoms with Crippen LogP contribution in [0.1, 0.15) is 18.9 Å². The molecule has 1 aromatic rings. The van der Waals surface area contributed by atoms with Crippen LogP contribution in [0.5, 0.6) is 0 Å². The van der Waals surface area contributed by atoms with Gasteiger partial charge in [0.2, 0.25) is 0 Å². The van der Waals surface area contributed by atoms with Crippen molar-refractivity contribution in [3.63, 3.8) is 0 Å². The number of nitro groups is 1. The molecule has 0 aromatic heterocycles. The molecule has 0 saturated carbocycles. The molecular formula is C13H12ClN3O4. The molecular weight excluding hydrogens is 298 g/mol. The van der Waals surface area contributed by atoms with E-state index in [0.29, 0.717) is 18.5 Å². The van der Waals surface area contributed by atoms with Gasteiger partial charge in [-0.05, 0) is 18.6 Å². The Labute approximate surface area is 125 Å². The van der Waals surface area contributed by atoms with Gasteiger partial charge >= 0.3 is 6.03 Å². The number of amides is 3. The van der Waals surface area contributed by atoms with Gasteiger partial charge in [-0.25, -0.2) is 4.79 Å². The van der Waals surface area contributed by atoms with Gasteiger partial charge in [0.25, 0.3) is 11.6 Å². The van der Waals surface area contributed by atoms with E-state index in [1.807, 2.05) is 6.92 Å². The normalized spacial score (nSPS) is 16.5. The molecule has 1 aromatic carbocycles. The van der Waals surface area contributed by atoms with E-state index in [1.54, 1.807) is 0 Å². The fraction of sp³-hybridized carbons (Fsp3) is 0.231. The van der Waals surface area contributed by atoms with E-state index >= 15 is 0 Å². The lowest BCUT2D eigenvalue weighted by atomic mass is 10.1. The Hall–Kier alpha value is -2.41. The highest BCUT2D eigenvalue weighted by atomic mass is 35.5. The van der Waals surface area contributed by atoms with Gasteiger partial charge in [0, 0.05) is 29.3 Å². The summed E-state index contributed by atoms with van der Waals surface area (Å²) in [6.07, 6.45) is 1.98. The third-order valence-corrected chi connectivity index (χ3v) is 3.24. The molecule has 1 N–H and O–H groups in total. The van der Waals surface area contributed by atoms with Gasteiger partial charge < -0.3 is 5.32 Å². The van der Waals surface area contributed by atoms with Crippen molar-refractivity contribution in [2.75, 3.05) is 6.54 Å². The number of hydrogen-bond acceptors (Lipinski definition) is 4. The molecule has 7 nitrogen and oxygen atoms in total. The summed E-state index contributed by atoms with van der Waals surface area (Å²) in [5.74, 6) is -0.468. The molecule has 0 aliphatic carbocycles. The van der Waals surface area contributed by atoms with Gasteiger partial charge in [-0.2, -0.15) is 0 Å². The predicted molar refractivity (Wildman–Crippen MR) is 76.6 cm³/mol. The van der Waals surface area contributed by atoms with E-state index in [9.17, 15) is 19.7 Å². The lowest BCUT2D eigenvalue weighted by Gasteiger charge is -2.08. The van der Waals surface area contributed by atoms with Crippen molar-refractivity contribution < 1.29 is 14.5 Å². The Morgan fingerprint density at radius 2 is 2.14 bits per heavy atom. The van der Waals surface area contributed by atoms with Crippen molar-refractivity contribution in [1.29, 1.82) is 0 Å². The minimum absolute atomic E-state index is 0.0517. The first-order valence-corrected chi connectivity index (χ1v) is 6.60. The molecule has 3 amide bonds. The predicted octanol–water partition coefficient (Wildman–Crippen LogP) is 2.55. The number of benzene rings is 1. The molecule has 1 aliphatic rings. The summed E-state index contributed by atoms with van der Waals surface area (Å²) in [6, 6.07) is 3.38. The van der Waals surface area contributed by atoms with E-state index in [-0.39, 0.29) is 16.4 Å². The highest BCUT2D eigenvalue weighted by Crippen LogP contribution is 2.25. The fourth-order valence-corrected chi connectivity index (χ4v) is 2.08. The van der Waals surface area contributed by atoms with Crippen molar-refractivity contribution >= 4 is 35.3 Å². The van der Waals surface area contributed by atoms with Crippen LogP contribution >= 0.6 is 11.6 Å². The lowest BCUT2D eigenvalue weighted by Crippen LogP contribution is -2.31. The minimum atomic E-state index is -0.559. The molecule has 0 spiro atoms. The zero-order chi connectivity index (χ0) is 15.6. The fourth-order valence-electron chi connectivity index (χ4n) is 1.91. The van der Waals surface area contributed by atoms with Crippen molar-refractivity contribution in [3.8, 4) is 0 Å². The number of imide groups is 1. The summed E-state index contributed by atoms with van der Waals surface area (Å²) in [5, 5.41) is 13.4. The average Bonchev–Trinajstić information content (AvgIpc) is 2.69. The van der Waals surface area contributed by atoms with Crippen LogP contribution in [-0.4, -0.2) is 28.3 Å². The number of urea groups is 1. The number of halogens is 1. The van der Waals surface area contributed by atoms with Crippen LogP contribution in [0.25, 0.3) is 6.08 Å². The van der Waals surface area contributed by atoms with E-state index in [1.165, 1.54) is 24.3 Å².